The number of nitrogens with zero attached hydrogens (tertiary/aromatic N) is 1. The Labute approximate surface area is 134 Å². The topological polar surface area (TPSA) is 15.3 Å². The minimum absolute atomic E-state index is 0.636. The van der Waals surface area contributed by atoms with Crippen molar-refractivity contribution in [1.82, 2.24) is 9.99 Å². The van der Waals surface area contributed by atoms with Crippen LogP contribution < -0.4 is 15.9 Å². The average molecular weight is 316 g/mol. The molecule has 0 amide bonds. The summed E-state index contributed by atoms with van der Waals surface area (Å²) < 4.78 is 2.30. The van der Waals surface area contributed by atoms with Crippen LogP contribution in [0.15, 0.2) is 60.7 Å². The number of nitrogens with one attached hydrogen (secondary N) is 1. The summed E-state index contributed by atoms with van der Waals surface area (Å²) in [6, 6.07) is 21.3. The van der Waals surface area contributed by atoms with Crippen molar-refractivity contribution in [2.24, 2.45) is 0 Å². The number of rotatable bonds is 5. The minimum atomic E-state index is -0.636. The van der Waals surface area contributed by atoms with Gasteiger partial charge in [0, 0.05) is 23.7 Å². The van der Waals surface area contributed by atoms with Crippen molar-refractivity contribution >= 4 is 36.0 Å². The van der Waals surface area contributed by atoms with E-state index in [1.54, 1.807) is 0 Å². The number of thiocarbonyl (C=S) groups is 1. The third-order valence-corrected chi connectivity index (χ3v) is 6.15. The van der Waals surface area contributed by atoms with Crippen LogP contribution in [0, 0.1) is 0 Å². The summed E-state index contributed by atoms with van der Waals surface area (Å²) in [7, 11) is -0.636. The molecule has 2 aromatic rings. The van der Waals surface area contributed by atoms with Gasteiger partial charge in [0.25, 0.3) is 0 Å². The van der Waals surface area contributed by atoms with Crippen LogP contribution in [-0.4, -0.2) is 22.9 Å². The standard InChI is InChI=1S/C17H21N2PS/c1-3-18-17(21)19(4-2)20(15-11-7-5-8-12-15)16-13-9-6-10-14-16/h5-14H,3-4H2,1-2H3,(H,18,21). The van der Waals surface area contributed by atoms with Crippen LogP contribution in [0.2, 0.25) is 0 Å². The smallest absolute Gasteiger partial charge is 0.172 e. The lowest BCUT2D eigenvalue weighted by Gasteiger charge is -2.33. The zero-order valence-corrected chi connectivity index (χ0v) is 14.2. The molecule has 0 heterocycles. The van der Waals surface area contributed by atoms with E-state index in [2.05, 4.69) is 84.5 Å². The Morgan fingerprint density at radius 2 is 1.43 bits per heavy atom. The van der Waals surface area contributed by atoms with E-state index in [0.717, 1.165) is 18.2 Å². The van der Waals surface area contributed by atoms with Gasteiger partial charge in [-0.25, -0.2) is 0 Å². The van der Waals surface area contributed by atoms with E-state index >= 15 is 0 Å². The first-order valence-corrected chi connectivity index (χ1v) is 8.93. The molecule has 4 heteroatoms. The molecule has 0 aliphatic carbocycles. The summed E-state index contributed by atoms with van der Waals surface area (Å²) in [5.74, 6) is 0. The minimum Gasteiger partial charge on any atom is -0.363 e. The molecular formula is C17H21N2PS. The van der Waals surface area contributed by atoms with Crippen LogP contribution >= 0.6 is 20.3 Å². The first-order chi connectivity index (χ1) is 10.3. The summed E-state index contributed by atoms with van der Waals surface area (Å²) in [5.41, 5.74) is 0. The second-order valence-electron chi connectivity index (χ2n) is 4.53. The van der Waals surface area contributed by atoms with Crippen LogP contribution in [0.1, 0.15) is 13.8 Å². The molecule has 0 atom stereocenters. The van der Waals surface area contributed by atoms with E-state index in [0.29, 0.717) is 0 Å². The zero-order valence-electron chi connectivity index (χ0n) is 12.5. The fraction of sp³-hybridized carbons (Fsp3) is 0.235. The molecule has 0 bridgehead atoms. The van der Waals surface area contributed by atoms with Gasteiger partial charge in [-0.2, -0.15) is 0 Å². The van der Waals surface area contributed by atoms with Crippen molar-refractivity contribution in [2.75, 3.05) is 13.1 Å². The lowest BCUT2D eigenvalue weighted by molar-refractivity contribution is 0.678. The van der Waals surface area contributed by atoms with Crippen molar-refractivity contribution in [3.63, 3.8) is 0 Å². The van der Waals surface area contributed by atoms with Gasteiger partial charge < -0.3 is 9.99 Å². The van der Waals surface area contributed by atoms with Crippen LogP contribution in [0.4, 0.5) is 0 Å². The number of benzene rings is 2. The van der Waals surface area contributed by atoms with Gasteiger partial charge >= 0.3 is 0 Å². The van der Waals surface area contributed by atoms with Crippen LogP contribution in [0.3, 0.4) is 0 Å². The second-order valence-corrected chi connectivity index (χ2v) is 7.06. The molecule has 1 N–H and O–H groups in total. The van der Waals surface area contributed by atoms with Gasteiger partial charge in [-0.1, -0.05) is 60.7 Å². The largest absolute Gasteiger partial charge is 0.363 e. The summed E-state index contributed by atoms with van der Waals surface area (Å²) in [4.78, 5) is 0. The van der Waals surface area contributed by atoms with Gasteiger partial charge in [0.05, 0.1) is 8.07 Å². The Morgan fingerprint density at radius 3 is 1.81 bits per heavy atom. The molecule has 0 saturated heterocycles. The fourth-order valence-electron chi connectivity index (χ4n) is 2.18. The first kappa shape index (κ1) is 15.9. The summed E-state index contributed by atoms with van der Waals surface area (Å²) in [6.45, 7) is 5.97. The van der Waals surface area contributed by atoms with Gasteiger partial charge in [0.15, 0.2) is 5.11 Å². The Balaban J connectivity index is 2.43. The van der Waals surface area contributed by atoms with E-state index in [1.807, 2.05) is 0 Å². The van der Waals surface area contributed by atoms with Gasteiger partial charge in [-0.3, -0.25) is 0 Å². The zero-order chi connectivity index (χ0) is 15.1. The van der Waals surface area contributed by atoms with Crippen molar-refractivity contribution in [3.8, 4) is 0 Å². The van der Waals surface area contributed by atoms with Crippen molar-refractivity contribution in [3.05, 3.63) is 60.7 Å². The molecule has 21 heavy (non-hydrogen) atoms. The molecule has 0 aromatic heterocycles. The maximum Gasteiger partial charge on any atom is 0.172 e. The molecule has 0 aliphatic rings. The van der Waals surface area contributed by atoms with E-state index in [9.17, 15) is 0 Å². The van der Waals surface area contributed by atoms with Crippen LogP contribution in [-0.2, 0) is 0 Å². The van der Waals surface area contributed by atoms with Gasteiger partial charge in [0.2, 0.25) is 0 Å². The highest BCUT2D eigenvalue weighted by Gasteiger charge is 2.22. The third-order valence-electron chi connectivity index (χ3n) is 3.10. The van der Waals surface area contributed by atoms with Crippen molar-refractivity contribution in [2.45, 2.75) is 13.8 Å². The molecule has 2 rings (SSSR count). The Kier molecular flexibility index (Phi) is 6.16. The SMILES string of the molecule is CCNC(=S)N(CC)P(c1ccccc1)c1ccccc1. The van der Waals surface area contributed by atoms with E-state index in [-0.39, 0.29) is 0 Å². The van der Waals surface area contributed by atoms with Crippen molar-refractivity contribution < 1.29 is 0 Å². The molecule has 0 unspecified atom stereocenters. The lowest BCUT2D eigenvalue weighted by Crippen LogP contribution is -2.40. The quantitative estimate of drug-likeness (QED) is 0.673. The fourth-order valence-corrected chi connectivity index (χ4v) is 5.00. The van der Waals surface area contributed by atoms with Gasteiger partial charge in [-0.15, -0.1) is 0 Å². The molecule has 110 valence electrons. The normalized spacial score (nSPS) is 10.4. The number of hydrogen-bond acceptors (Lipinski definition) is 1. The summed E-state index contributed by atoms with van der Waals surface area (Å²) in [6.07, 6.45) is 0. The monoisotopic (exact) mass is 316 g/mol. The van der Waals surface area contributed by atoms with Crippen molar-refractivity contribution in [1.29, 1.82) is 0 Å². The predicted molar refractivity (Wildman–Crippen MR) is 97.7 cm³/mol. The number of hydrogen-bond donors (Lipinski definition) is 1. The van der Waals surface area contributed by atoms with E-state index in [1.165, 1.54) is 10.6 Å². The highest BCUT2D eigenvalue weighted by atomic mass is 32.1. The average Bonchev–Trinajstić information content (AvgIpc) is 2.54. The molecule has 2 aromatic carbocycles. The van der Waals surface area contributed by atoms with E-state index < -0.39 is 8.07 Å². The lowest BCUT2D eigenvalue weighted by atomic mass is 10.4. The molecule has 0 fully saturated rings. The van der Waals surface area contributed by atoms with Gasteiger partial charge in [-0.05, 0) is 26.1 Å². The predicted octanol–water partition coefficient (Wildman–Crippen LogP) is 3.25. The molecule has 0 radical (unpaired) electrons. The highest BCUT2D eigenvalue weighted by molar-refractivity contribution is 7.82. The van der Waals surface area contributed by atoms with Crippen LogP contribution in [0.5, 0.6) is 0 Å². The second kappa shape index (κ2) is 8.11. The van der Waals surface area contributed by atoms with E-state index in [4.69, 9.17) is 12.2 Å². The molecule has 2 nitrogen and oxygen atoms in total. The molecule has 0 spiro atoms. The first-order valence-electron chi connectivity index (χ1n) is 7.23. The summed E-state index contributed by atoms with van der Waals surface area (Å²) in [5, 5.41) is 6.76. The molecular weight excluding hydrogens is 295 g/mol. The Morgan fingerprint density at radius 1 is 0.952 bits per heavy atom. The van der Waals surface area contributed by atoms with Gasteiger partial charge in [0.1, 0.15) is 0 Å². The maximum atomic E-state index is 5.58. The third kappa shape index (κ3) is 4.03. The summed E-state index contributed by atoms with van der Waals surface area (Å²) >= 11 is 5.58. The highest BCUT2D eigenvalue weighted by Crippen LogP contribution is 2.38. The molecule has 0 aliphatic heterocycles. The molecule has 0 saturated carbocycles. The maximum absolute atomic E-state index is 5.58. The Hall–Kier alpha value is -1.44. The van der Waals surface area contributed by atoms with Crippen LogP contribution in [0.25, 0.3) is 0 Å². The Bertz CT molecular complexity index is 520.